The second-order valence-corrected chi connectivity index (χ2v) is 5.00. The molecule has 1 aromatic carbocycles. The molecule has 0 aliphatic carbocycles. The van der Waals surface area contributed by atoms with Gasteiger partial charge in [0.25, 0.3) is 0 Å². The Labute approximate surface area is 124 Å². The average Bonchev–Trinajstić information content (AvgIpc) is 2.49. The molecule has 1 atom stereocenters. The van der Waals surface area contributed by atoms with Crippen LogP contribution in [0.25, 0.3) is 0 Å². The van der Waals surface area contributed by atoms with Crippen molar-refractivity contribution < 1.29 is 13.5 Å². The molecule has 0 amide bonds. The maximum Gasteiger partial charge on any atom is 0.167 e. The van der Waals surface area contributed by atoms with E-state index in [1.165, 1.54) is 6.07 Å². The molecule has 21 heavy (non-hydrogen) atoms. The first kappa shape index (κ1) is 17.4. The predicted octanol–water partition coefficient (Wildman–Crippen LogP) is 3.80. The Hall–Kier alpha value is -1.67. The SMILES string of the molecule is CCCNC(C#N)(CC)CCCOc1ccc(F)cc1F. The van der Waals surface area contributed by atoms with Crippen molar-refractivity contribution in [2.75, 3.05) is 13.2 Å². The summed E-state index contributed by atoms with van der Waals surface area (Å²) < 4.78 is 31.4. The lowest BCUT2D eigenvalue weighted by Crippen LogP contribution is -2.44. The Balaban J connectivity index is 2.46. The number of rotatable bonds is 9. The summed E-state index contributed by atoms with van der Waals surface area (Å²) in [7, 11) is 0. The molecule has 5 heteroatoms. The first-order valence-electron chi connectivity index (χ1n) is 7.31. The maximum atomic E-state index is 13.4. The van der Waals surface area contributed by atoms with E-state index in [2.05, 4.69) is 11.4 Å². The van der Waals surface area contributed by atoms with Crippen LogP contribution in [0.4, 0.5) is 8.78 Å². The van der Waals surface area contributed by atoms with Crippen molar-refractivity contribution in [1.29, 1.82) is 5.26 Å². The highest BCUT2D eigenvalue weighted by molar-refractivity contribution is 5.24. The number of nitrogens with zero attached hydrogens (tertiary/aromatic N) is 1. The predicted molar refractivity (Wildman–Crippen MR) is 78.0 cm³/mol. The Kier molecular flexibility index (Phi) is 7.10. The fourth-order valence-corrected chi connectivity index (χ4v) is 2.08. The fraction of sp³-hybridized carbons (Fsp3) is 0.562. The van der Waals surface area contributed by atoms with E-state index in [0.29, 0.717) is 25.9 Å². The molecular weight excluding hydrogens is 274 g/mol. The van der Waals surface area contributed by atoms with Gasteiger partial charge in [-0.05, 0) is 44.4 Å². The third kappa shape index (κ3) is 5.31. The Bertz CT molecular complexity index is 488. The molecule has 0 aliphatic heterocycles. The Morgan fingerprint density at radius 2 is 2.10 bits per heavy atom. The lowest BCUT2D eigenvalue weighted by molar-refractivity contribution is 0.266. The van der Waals surface area contributed by atoms with Gasteiger partial charge in [0.2, 0.25) is 0 Å². The molecule has 0 bridgehead atoms. The van der Waals surface area contributed by atoms with Crippen molar-refractivity contribution in [3.8, 4) is 11.8 Å². The molecule has 0 aliphatic rings. The van der Waals surface area contributed by atoms with Crippen LogP contribution in [0, 0.1) is 23.0 Å². The van der Waals surface area contributed by atoms with E-state index in [1.54, 1.807) is 0 Å². The number of ether oxygens (including phenoxy) is 1. The topological polar surface area (TPSA) is 45.0 Å². The van der Waals surface area contributed by atoms with Crippen molar-refractivity contribution in [3.05, 3.63) is 29.8 Å². The number of hydrogen-bond acceptors (Lipinski definition) is 3. The lowest BCUT2D eigenvalue weighted by Gasteiger charge is -2.26. The van der Waals surface area contributed by atoms with E-state index in [1.807, 2.05) is 13.8 Å². The molecule has 1 unspecified atom stereocenters. The number of nitrogens with one attached hydrogen (secondary N) is 1. The average molecular weight is 296 g/mol. The van der Waals surface area contributed by atoms with Gasteiger partial charge in [0.05, 0.1) is 12.7 Å². The van der Waals surface area contributed by atoms with Crippen LogP contribution in [0.1, 0.15) is 39.5 Å². The van der Waals surface area contributed by atoms with E-state index in [-0.39, 0.29) is 5.75 Å². The van der Waals surface area contributed by atoms with E-state index < -0.39 is 17.2 Å². The highest BCUT2D eigenvalue weighted by atomic mass is 19.1. The first-order valence-corrected chi connectivity index (χ1v) is 7.31. The van der Waals surface area contributed by atoms with Crippen LogP contribution in [0.15, 0.2) is 18.2 Å². The molecule has 0 radical (unpaired) electrons. The van der Waals surface area contributed by atoms with Gasteiger partial charge in [0.15, 0.2) is 11.6 Å². The van der Waals surface area contributed by atoms with Gasteiger partial charge >= 0.3 is 0 Å². The van der Waals surface area contributed by atoms with Gasteiger partial charge in [-0.1, -0.05) is 13.8 Å². The minimum absolute atomic E-state index is 0.0389. The Morgan fingerprint density at radius 1 is 1.33 bits per heavy atom. The number of halogens is 2. The summed E-state index contributed by atoms with van der Waals surface area (Å²) in [6, 6.07) is 5.56. The number of nitriles is 1. The third-order valence-corrected chi connectivity index (χ3v) is 3.43. The molecule has 0 spiro atoms. The van der Waals surface area contributed by atoms with Crippen LogP contribution in [-0.4, -0.2) is 18.7 Å². The molecule has 0 aromatic heterocycles. The molecule has 0 saturated carbocycles. The van der Waals surface area contributed by atoms with Crippen molar-refractivity contribution >= 4 is 0 Å². The summed E-state index contributed by atoms with van der Waals surface area (Å²) >= 11 is 0. The van der Waals surface area contributed by atoms with Crippen LogP contribution < -0.4 is 10.1 Å². The zero-order valence-electron chi connectivity index (χ0n) is 12.6. The zero-order valence-corrected chi connectivity index (χ0v) is 12.6. The first-order chi connectivity index (χ1) is 10.1. The maximum absolute atomic E-state index is 13.4. The van der Waals surface area contributed by atoms with Gasteiger partial charge in [0, 0.05) is 6.07 Å². The highest BCUT2D eigenvalue weighted by Crippen LogP contribution is 2.20. The summed E-state index contributed by atoms with van der Waals surface area (Å²) in [4.78, 5) is 0. The molecule has 0 heterocycles. The summed E-state index contributed by atoms with van der Waals surface area (Å²) in [5.74, 6) is -1.30. The van der Waals surface area contributed by atoms with Gasteiger partial charge in [-0.2, -0.15) is 5.26 Å². The fourth-order valence-electron chi connectivity index (χ4n) is 2.08. The Morgan fingerprint density at radius 3 is 2.67 bits per heavy atom. The molecule has 0 fully saturated rings. The largest absolute Gasteiger partial charge is 0.491 e. The molecule has 1 aromatic rings. The van der Waals surface area contributed by atoms with Crippen LogP contribution in [0.3, 0.4) is 0 Å². The van der Waals surface area contributed by atoms with Crippen LogP contribution in [0.5, 0.6) is 5.75 Å². The van der Waals surface area contributed by atoms with Gasteiger partial charge in [0.1, 0.15) is 11.4 Å². The van der Waals surface area contributed by atoms with Crippen molar-refractivity contribution in [2.24, 2.45) is 0 Å². The van der Waals surface area contributed by atoms with Crippen molar-refractivity contribution in [1.82, 2.24) is 5.32 Å². The van der Waals surface area contributed by atoms with Gasteiger partial charge < -0.3 is 4.74 Å². The van der Waals surface area contributed by atoms with Gasteiger partial charge in [-0.15, -0.1) is 0 Å². The second-order valence-electron chi connectivity index (χ2n) is 5.00. The molecule has 116 valence electrons. The van der Waals surface area contributed by atoms with Crippen LogP contribution >= 0.6 is 0 Å². The highest BCUT2D eigenvalue weighted by Gasteiger charge is 2.26. The van der Waals surface area contributed by atoms with Crippen LogP contribution in [-0.2, 0) is 0 Å². The van der Waals surface area contributed by atoms with E-state index in [0.717, 1.165) is 25.1 Å². The standard InChI is InChI=1S/C16H22F2N2O/c1-3-9-20-16(4-2,12-19)8-5-10-21-15-7-6-13(17)11-14(15)18/h6-7,11,20H,3-5,8-10H2,1-2H3. The summed E-state index contributed by atoms with van der Waals surface area (Å²) in [6.45, 7) is 5.09. The number of hydrogen-bond donors (Lipinski definition) is 1. The molecule has 0 saturated heterocycles. The summed E-state index contributed by atoms with van der Waals surface area (Å²) in [6.07, 6.45) is 2.91. The van der Waals surface area contributed by atoms with E-state index in [9.17, 15) is 14.0 Å². The monoisotopic (exact) mass is 296 g/mol. The second kappa shape index (κ2) is 8.58. The minimum atomic E-state index is -0.707. The van der Waals surface area contributed by atoms with E-state index >= 15 is 0 Å². The molecule has 1 N–H and O–H groups in total. The molecule has 1 rings (SSSR count). The minimum Gasteiger partial charge on any atom is -0.491 e. The zero-order chi connectivity index (χ0) is 15.7. The van der Waals surface area contributed by atoms with Gasteiger partial charge in [-0.3, -0.25) is 5.32 Å². The smallest absolute Gasteiger partial charge is 0.167 e. The third-order valence-electron chi connectivity index (χ3n) is 3.43. The summed E-state index contributed by atoms with van der Waals surface area (Å²) in [5, 5.41) is 12.6. The van der Waals surface area contributed by atoms with Gasteiger partial charge in [-0.25, -0.2) is 8.78 Å². The van der Waals surface area contributed by atoms with Crippen molar-refractivity contribution in [3.63, 3.8) is 0 Å². The quantitative estimate of drug-likeness (QED) is 0.705. The molecule has 3 nitrogen and oxygen atoms in total. The van der Waals surface area contributed by atoms with Crippen molar-refractivity contribution in [2.45, 2.75) is 45.1 Å². The summed E-state index contributed by atoms with van der Waals surface area (Å²) in [5.41, 5.74) is -0.555. The lowest BCUT2D eigenvalue weighted by atomic mass is 9.92. The normalized spacial score (nSPS) is 13.5. The number of benzene rings is 1. The van der Waals surface area contributed by atoms with E-state index in [4.69, 9.17) is 4.74 Å². The van der Waals surface area contributed by atoms with Crippen LogP contribution in [0.2, 0.25) is 0 Å². The molecular formula is C16H22F2N2O.